The second-order valence-corrected chi connectivity index (χ2v) is 7.83. The van der Waals surface area contributed by atoms with E-state index in [4.69, 9.17) is 9.47 Å². The Labute approximate surface area is 168 Å². The second kappa shape index (κ2) is 9.13. The molecule has 1 aliphatic rings. The molecular formula is C24H31NO3. The summed E-state index contributed by atoms with van der Waals surface area (Å²) in [5.74, 6) is 1.55. The molecule has 0 heterocycles. The SMILES string of the molecule is Cc1ccc(OC[C@@H](C)NC(=O)[C@@H](C)Oc2cccc3c2CCCC3)cc1C. The number of amides is 1. The maximum atomic E-state index is 12.5. The normalized spacial score (nSPS) is 15.3. The monoisotopic (exact) mass is 381 g/mol. The molecule has 2 aromatic carbocycles. The van der Waals surface area contributed by atoms with E-state index in [1.165, 1.54) is 35.1 Å². The molecule has 0 saturated carbocycles. The maximum absolute atomic E-state index is 12.5. The number of carbonyl (C=O) groups excluding carboxylic acids is 1. The van der Waals surface area contributed by atoms with Crippen LogP contribution in [-0.4, -0.2) is 24.7 Å². The largest absolute Gasteiger partial charge is 0.491 e. The number of hydrogen-bond acceptors (Lipinski definition) is 3. The van der Waals surface area contributed by atoms with Crippen LogP contribution in [0, 0.1) is 13.8 Å². The van der Waals surface area contributed by atoms with E-state index in [1.54, 1.807) is 6.92 Å². The fourth-order valence-electron chi connectivity index (χ4n) is 3.53. The molecular weight excluding hydrogens is 350 g/mol. The van der Waals surface area contributed by atoms with Crippen molar-refractivity contribution in [3.63, 3.8) is 0 Å². The van der Waals surface area contributed by atoms with Crippen LogP contribution in [-0.2, 0) is 17.6 Å². The molecule has 0 radical (unpaired) electrons. The molecule has 0 fully saturated rings. The predicted molar refractivity (Wildman–Crippen MR) is 112 cm³/mol. The van der Waals surface area contributed by atoms with Crippen LogP contribution < -0.4 is 14.8 Å². The molecule has 0 unspecified atom stereocenters. The molecule has 0 bridgehead atoms. The van der Waals surface area contributed by atoms with Crippen LogP contribution in [0.1, 0.15) is 48.9 Å². The van der Waals surface area contributed by atoms with Gasteiger partial charge in [0.1, 0.15) is 18.1 Å². The van der Waals surface area contributed by atoms with Gasteiger partial charge in [-0.15, -0.1) is 0 Å². The Bertz CT molecular complexity index is 831. The Hall–Kier alpha value is -2.49. The Morgan fingerprint density at radius 2 is 1.86 bits per heavy atom. The molecule has 2 atom stereocenters. The van der Waals surface area contributed by atoms with Crippen LogP contribution in [0.4, 0.5) is 0 Å². The van der Waals surface area contributed by atoms with Gasteiger partial charge in [-0.2, -0.15) is 0 Å². The van der Waals surface area contributed by atoms with Gasteiger partial charge in [0.15, 0.2) is 6.10 Å². The van der Waals surface area contributed by atoms with Crippen LogP contribution in [0.5, 0.6) is 11.5 Å². The summed E-state index contributed by atoms with van der Waals surface area (Å²) in [4.78, 5) is 12.5. The van der Waals surface area contributed by atoms with E-state index in [-0.39, 0.29) is 11.9 Å². The fourth-order valence-corrected chi connectivity index (χ4v) is 3.53. The number of benzene rings is 2. The van der Waals surface area contributed by atoms with Crippen molar-refractivity contribution in [1.29, 1.82) is 0 Å². The number of hydrogen-bond donors (Lipinski definition) is 1. The number of aryl methyl sites for hydroxylation is 3. The number of rotatable bonds is 7. The first-order chi connectivity index (χ1) is 13.4. The first kappa shape index (κ1) is 20.2. The Morgan fingerprint density at radius 1 is 1.07 bits per heavy atom. The highest BCUT2D eigenvalue weighted by atomic mass is 16.5. The molecule has 150 valence electrons. The summed E-state index contributed by atoms with van der Waals surface area (Å²) in [6, 6.07) is 12.1. The molecule has 3 rings (SSSR count). The standard InChI is InChI=1S/C24H31NO3/c1-16-12-13-21(14-17(16)2)27-15-18(3)25-24(26)19(4)28-23-11-7-9-20-8-5-6-10-22(20)23/h7,9,11-14,18-19H,5-6,8,10,15H2,1-4H3,(H,25,26)/t18-,19-/m1/s1. The summed E-state index contributed by atoms with van der Waals surface area (Å²) in [7, 11) is 0. The topological polar surface area (TPSA) is 47.6 Å². The predicted octanol–water partition coefficient (Wildman–Crippen LogP) is 4.53. The van der Waals surface area contributed by atoms with Crippen LogP contribution in [0.2, 0.25) is 0 Å². The van der Waals surface area contributed by atoms with Crippen molar-refractivity contribution in [3.8, 4) is 11.5 Å². The molecule has 0 spiro atoms. The lowest BCUT2D eigenvalue weighted by Crippen LogP contribution is -2.43. The summed E-state index contributed by atoms with van der Waals surface area (Å²) < 4.78 is 11.8. The minimum Gasteiger partial charge on any atom is -0.491 e. The molecule has 4 heteroatoms. The molecule has 1 aliphatic carbocycles. The quantitative estimate of drug-likeness (QED) is 0.766. The van der Waals surface area contributed by atoms with Crippen LogP contribution in [0.25, 0.3) is 0 Å². The highest BCUT2D eigenvalue weighted by molar-refractivity contribution is 5.81. The van der Waals surface area contributed by atoms with E-state index in [1.807, 2.05) is 37.3 Å². The lowest BCUT2D eigenvalue weighted by molar-refractivity contribution is -0.128. The Morgan fingerprint density at radius 3 is 2.64 bits per heavy atom. The first-order valence-electron chi connectivity index (χ1n) is 10.2. The van der Waals surface area contributed by atoms with Crippen molar-refractivity contribution in [3.05, 3.63) is 58.7 Å². The smallest absolute Gasteiger partial charge is 0.261 e. The van der Waals surface area contributed by atoms with E-state index in [0.717, 1.165) is 24.3 Å². The van der Waals surface area contributed by atoms with Crippen molar-refractivity contribution in [2.75, 3.05) is 6.61 Å². The van der Waals surface area contributed by atoms with Gasteiger partial charge in [0, 0.05) is 0 Å². The van der Waals surface area contributed by atoms with Gasteiger partial charge < -0.3 is 14.8 Å². The zero-order chi connectivity index (χ0) is 20.1. The summed E-state index contributed by atoms with van der Waals surface area (Å²) in [6.07, 6.45) is 3.99. The van der Waals surface area contributed by atoms with Gasteiger partial charge in [-0.1, -0.05) is 18.2 Å². The van der Waals surface area contributed by atoms with Crippen molar-refractivity contribution in [2.45, 2.75) is 65.5 Å². The Balaban J connectivity index is 1.51. The highest BCUT2D eigenvalue weighted by Crippen LogP contribution is 2.30. The number of ether oxygens (including phenoxy) is 2. The zero-order valence-electron chi connectivity index (χ0n) is 17.4. The van der Waals surface area contributed by atoms with Gasteiger partial charge in [-0.25, -0.2) is 0 Å². The van der Waals surface area contributed by atoms with Crippen LogP contribution in [0.3, 0.4) is 0 Å². The molecule has 1 N–H and O–H groups in total. The second-order valence-electron chi connectivity index (χ2n) is 7.83. The van der Waals surface area contributed by atoms with Crippen molar-refractivity contribution < 1.29 is 14.3 Å². The van der Waals surface area contributed by atoms with Crippen molar-refractivity contribution in [2.24, 2.45) is 0 Å². The van der Waals surface area contributed by atoms with E-state index >= 15 is 0 Å². The first-order valence-corrected chi connectivity index (χ1v) is 10.2. The van der Waals surface area contributed by atoms with E-state index in [2.05, 4.69) is 25.2 Å². The molecule has 2 aromatic rings. The average molecular weight is 382 g/mol. The third-order valence-electron chi connectivity index (χ3n) is 5.39. The minimum atomic E-state index is -0.544. The number of nitrogens with one attached hydrogen (secondary N) is 1. The molecule has 0 saturated heterocycles. The Kier molecular flexibility index (Phi) is 6.61. The summed E-state index contributed by atoms with van der Waals surface area (Å²) in [5.41, 5.74) is 5.05. The molecule has 4 nitrogen and oxygen atoms in total. The van der Waals surface area contributed by atoms with Crippen molar-refractivity contribution in [1.82, 2.24) is 5.32 Å². The molecule has 28 heavy (non-hydrogen) atoms. The van der Waals surface area contributed by atoms with Gasteiger partial charge in [-0.3, -0.25) is 4.79 Å². The molecule has 1 amide bonds. The lowest BCUT2D eigenvalue weighted by Gasteiger charge is -2.23. The highest BCUT2D eigenvalue weighted by Gasteiger charge is 2.20. The van der Waals surface area contributed by atoms with Gasteiger partial charge in [0.25, 0.3) is 5.91 Å². The molecule has 0 aliphatic heterocycles. The summed E-state index contributed by atoms with van der Waals surface area (Å²) in [5, 5.41) is 2.99. The number of fused-ring (bicyclic) bond motifs is 1. The van der Waals surface area contributed by atoms with Crippen LogP contribution >= 0.6 is 0 Å². The van der Waals surface area contributed by atoms with E-state index < -0.39 is 6.10 Å². The van der Waals surface area contributed by atoms with Gasteiger partial charge in [-0.05, 0) is 93.8 Å². The minimum absolute atomic E-state index is 0.107. The van der Waals surface area contributed by atoms with E-state index in [0.29, 0.717) is 6.61 Å². The summed E-state index contributed by atoms with van der Waals surface area (Å²) in [6.45, 7) is 8.30. The van der Waals surface area contributed by atoms with Gasteiger partial charge in [0.05, 0.1) is 6.04 Å². The maximum Gasteiger partial charge on any atom is 0.261 e. The lowest BCUT2D eigenvalue weighted by atomic mass is 9.91. The average Bonchev–Trinajstić information content (AvgIpc) is 2.69. The van der Waals surface area contributed by atoms with E-state index in [9.17, 15) is 4.79 Å². The molecule has 0 aromatic heterocycles. The van der Waals surface area contributed by atoms with Gasteiger partial charge >= 0.3 is 0 Å². The van der Waals surface area contributed by atoms with Crippen LogP contribution in [0.15, 0.2) is 36.4 Å². The summed E-state index contributed by atoms with van der Waals surface area (Å²) >= 11 is 0. The van der Waals surface area contributed by atoms with Gasteiger partial charge in [0.2, 0.25) is 0 Å². The van der Waals surface area contributed by atoms with Crippen molar-refractivity contribution >= 4 is 5.91 Å². The zero-order valence-corrected chi connectivity index (χ0v) is 17.4. The third kappa shape index (κ3) is 5.06. The third-order valence-corrected chi connectivity index (χ3v) is 5.39. The fraction of sp³-hybridized carbons (Fsp3) is 0.458. The number of carbonyl (C=O) groups is 1.